The van der Waals surface area contributed by atoms with Crippen LogP contribution in [0.25, 0.3) is 0 Å². The number of hydrogen-bond acceptors (Lipinski definition) is 3. The van der Waals surface area contributed by atoms with Crippen LogP contribution >= 0.6 is 0 Å². The molecule has 0 aliphatic carbocycles. The van der Waals surface area contributed by atoms with Crippen LogP contribution in [-0.4, -0.2) is 25.2 Å². The van der Waals surface area contributed by atoms with Crippen LogP contribution in [0.3, 0.4) is 0 Å². The van der Waals surface area contributed by atoms with E-state index in [2.05, 4.69) is 5.32 Å². The Hall–Kier alpha value is -2.63. The van der Waals surface area contributed by atoms with Gasteiger partial charge in [-0.25, -0.2) is 13.6 Å². The van der Waals surface area contributed by atoms with E-state index < -0.39 is 23.2 Å². The van der Waals surface area contributed by atoms with E-state index in [1.807, 2.05) is 0 Å². The van der Waals surface area contributed by atoms with E-state index in [0.29, 0.717) is 5.69 Å². The summed E-state index contributed by atoms with van der Waals surface area (Å²) in [6.07, 6.45) is 0. The molecule has 0 saturated heterocycles. The van der Waals surface area contributed by atoms with Crippen molar-refractivity contribution in [3.05, 3.63) is 53.6 Å². The van der Waals surface area contributed by atoms with Crippen molar-refractivity contribution in [2.24, 2.45) is 0 Å². The maximum atomic E-state index is 13.9. The van der Waals surface area contributed by atoms with Gasteiger partial charge in [0.2, 0.25) is 0 Å². The van der Waals surface area contributed by atoms with Crippen molar-refractivity contribution < 1.29 is 18.7 Å². The molecule has 110 valence electrons. The highest BCUT2D eigenvalue weighted by molar-refractivity contribution is 5.88. The average Bonchev–Trinajstić information content (AvgIpc) is 2.42. The number of nitrogens with zero attached hydrogens (tertiary/aromatic N) is 1. The highest BCUT2D eigenvalue weighted by atomic mass is 19.1. The first kappa shape index (κ1) is 14.8. The van der Waals surface area contributed by atoms with E-state index in [1.165, 1.54) is 0 Å². The van der Waals surface area contributed by atoms with Gasteiger partial charge in [-0.05, 0) is 24.3 Å². The molecular weight excluding hydrogens is 278 g/mol. The molecule has 0 aliphatic rings. The molecular formula is C15H14F2N2O2. The van der Waals surface area contributed by atoms with Crippen LogP contribution in [0, 0.1) is 11.6 Å². The van der Waals surface area contributed by atoms with Gasteiger partial charge in [0.05, 0.1) is 16.9 Å². The van der Waals surface area contributed by atoms with Gasteiger partial charge in [-0.15, -0.1) is 0 Å². The first-order valence-corrected chi connectivity index (χ1v) is 6.16. The van der Waals surface area contributed by atoms with E-state index >= 15 is 0 Å². The van der Waals surface area contributed by atoms with Gasteiger partial charge in [0.25, 0.3) is 0 Å². The number of carboxylic acids is 1. The summed E-state index contributed by atoms with van der Waals surface area (Å²) in [5.74, 6) is -3.30. The number of benzene rings is 2. The summed E-state index contributed by atoms with van der Waals surface area (Å²) in [6, 6.07) is 8.58. The fourth-order valence-corrected chi connectivity index (χ4v) is 1.92. The van der Waals surface area contributed by atoms with E-state index in [-0.39, 0.29) is 5.69 Å². The monoisotopic (exact) mass is 292 g/mol. The van der Waals surface area contributed by atoms with Gasteiger partial charge in [0.15, 0.2) is 11.6 Å². The number of hydrogen-bond donors (Lipinski definition) is 2. The molecule has 0 atom stereocenters. The van der Waals surface area contributed by atoms with E-state index in [9.17, 15) is 13.6 Å². The number of anilines is 3. The number of carboxylic acid groups (broad SMARTS) is 1. The predicted molar refractivity (Wildman–Crippen MR) is 77.4 cm³/mol. The molecule has 2 aromatic rings. The second kappa shape index (κ2) is 5.78. The van der Waals surface area contributed by atoms with Gasteiger partial charge >= 0.3 is 5.97 Å². The lowest BCUT2D eigenvalue weighted by Crippen LogP contribution is -2.11. The zero-order valence-corrected chi connectivity index (χ0v) is 11.5. The van der Waals surface area contributed by atoms with Gasteiger partial charge in [-0.2, -0.15) is 0 Å². The molecule has 0 amide bonds. The van der Waals surface area contributed by atoms with E-state index in [4.69, 9.17) is 5.11 Å². The molecule has 0 radical (unpaired) electrons. The molecule has 0 aliphatic heterocycles. The van der Waals surface area contributed by atoms with Gasteiger partial charge < -0.3 is 15.3 Å². The quantitative estimate of drug-likeness (QED) is 0.906. The molecule has 0 aromatic heterocycles. The molecule has 0 bridgehead atoms. The fourth-order valence-electron chi connectivity index (χ4n) is 1.92. The van der Waals surface area contributed by atoms with Crippen LogP contribution in [0.15, 0.2) is 36.4 Å². The maximum Gasteiger partial charge on any atom is 0.335 e. The highest BCUT2D eigenvalue weighted by Crippen LogP contribution is 2.30. The molecule has 0 spiro atoms. The van der Waals surface area contributed by atoms with Crippen molar-refractivity contribution in [3.8, 4) is 0 Å². The Morgan fingerprint density at radius 1 is 1.14 bits per heavy atom. The molecule has 2 rings (SSSR count). The van der Waals surface area contributed by atoms with Crippen molar-refractivity contribution in [2.75, 3.05) is 24.3 Å². The van der Waals surface area contributed by atoms with E-state index in [0.717, 1.165) is 17.8 Å². The summed E-state index contributed by atoms with van der Waals surface area (Å²) in [7, 11) is 3.61. The number of carbonyl (C=O) groups is 1. The Morgan fingerprint density at radius 3 is 2.24 bits per heavy atom. The molecule has 21 heavy (non-hydrogen) atoms. The third kappa shape index (κ3) is 3.10. The lowest BCUT2D eigenvalue weighted by Gasteiger charge is -2.19. The highest BCUT2D eigenvalue weighted by Gasteiger charge is 2.16. The average molecular weight is 292 g/mol. The smallest absolute Gasteiger partial charge is 0.335 e. The predicted octanol–water partition coefficient (Wildman–Crippen LogP) is 3.47. The van der Waals surface area contributed by atoms with Crippen molar-refractivity contribution in [3.63, 3.8) is 0 Å². The molecule has 2 N–H and O–H groups in total. The minimum absolute atomic E-state index is 0.380. The molecule has 0 saturated carbocycles. The topological polar surface area (TPSA) is 52.6 Å². The number of rotatable bonds is 4. The number of nitrogens with one attached hydrogen (secondary N) is 1. The number of para-hydroxylation sites is 2. The Morgan fingerprint density at radius 2 is 1.71 bits per heavy atom. The summed E-state index contributed by atoms with van der Waals surface area (Å²) in [6.45, 7) is 0. The zero-order chi connectivity index (χ0) is 15.6. The molecule has 0 fully saturated rings. The summed E-state index contributed by atoms with van der Waals surface area (Å²) in [5, 5.41) is 11.4. The second-order valence-electron chi connectivity index (χ2n) is 4.66. The SMILES string of the molecule is CN(C)c1ccccc1Nc1c(F)cc(C(=O)O)cc1F. The lowest BCUT2D eigenvalue weighted by molar-refractivity contribution is 0.0696. The molecule has 0 unspecified atom stereocenters. The first-order chi connectivity index (χ1) is 9.90. The van der Waals surface area contributed by atoms with Crippen LogP contribution in [-0.2, 0) is 0 Å². The zero-order valence-electron chi connectivity index (χ0n) is 11.5. The number of aromatic carboxylic acids is 1. The third-order valence-electron chi connectivity index (χ3n) is 2.93. The van der Waals surface area contributed by atoms with Gasteiger partial charge in [-0.3, -0.25) is 0 Å². The van der Waals surface area contributed by atoms with Crippen molar-refractivity contribution in [1.29, 1.82) is 0 Å². The van der Waals surface area contributed by atoms with E-state index in [1.54, 1.807) is 43.3 Å². The van der Waals surface area contributed by atoms with Crippen LogP contribution in [0.4, 0.5) is 25.8 Å². The Bertz CT molecular complexity index is 664. The van der Waals surface area contributed by atoms with Gasteiger partial charge in [0.1, 0.15) is 5.69 Å². The van der Waals surface area contributed by atoms with Gasteiger partial charge in [-0.1, -0.05) is 12.1 Å². The minimum atomic E-state index is -1.38. The van der Waals surface area contributed by atoms with Crippen molar-refractivity contribution in [1.82, 2.24) is 0 Å². The molecule has 6 heteroatoms. The van der Waals surface area contributed by atoms with Crippen molar-refractivity contribution in [2.45, 2.75) is 0 Å². The Balaban J connectivity index is 2.43. The third-order valence-corrected chi connectivity index (χ3v) is 2.93. The Labute approximate surface area is 120 Å². The van der Waals surface area contributed by atoms with Crippen molar-refractivity contribution >= 4 is 23.0 Å². The second-order valence-corrected chi connectivity index (χ2v) is 4.66. The van der Waals surface area contributed by atoms with Gasteiger partial charge in [0, 0.05) is 14.1 Å². The summed E-state index contributed by atoms with van der Waals surface area (Å²) in [5.41, 5.74) is 0.452. The van der Waals surface area contributed by atoms with Crippen LogP contribution in [0.1, 0.15) is 10.4 Å². The largest absolute Gasteiger partial charge is 0.478 e. The molecule has 0 heterocycles. The first-order valence-electron chi connectivity index (χ1n) is 6.16. The Kier molecular flexibility index (Phi) is 4.07. The van der Waals surface area contributed by atoms with Crippen LogP contribution < -0.4 is 10.2 Å². The lowest BCUT2D eigenvalue weighted by atomic mass is 10.1. The van der Waals surface area contributed by atoms with Crippen LogP contribution in [0.2, 0.25) is 0 Å². The number of halogens is 2. The molecule has 2 aromatic carbocycles. The summed E-state index contributed by atoms with van der Waals surface area (Å²) >= 11 is 0. The standard InChI is InChI=1S/C15H14F2N2O2/c1-19(2)13-6-4-3-5-12(13)18-14-10(16)7-9(15(20)21)8-11(14)17/h3-8,18H,1-2H3,(H,20,21). The normalized spacial score (nSPS) is 10.3. The maximum absolute atomic E-state index is 13.9. The summed E-state index contributed by atoms with van der Waals surface area (Å²) < 4.78 is 27.8. The van der Waals surface area contributed by atoms with Crippen LogP contribution in [0.5, 0.6) is 0 Å². The molecule has 4 nitrogen and oxygen atoms in total. The fraction of sp³-hybridized carbons (Fsp3) is 0.133. The summed E-state index contributed by atoms with van der Waals surface area (Å²) in [4.78, 5) is 12.6. The minimum Gasteiger partial charge on any atom is -0.478 e.